The summed E-state index contributed by atoms with van der Waals surface area (Å²) in [6.45, 7) is 15.9. The van der Waals surface area contributed by atoms with Crippen molar-refractivity contribution in [1.82, 2.24) is 10.6 Å². The molecule has 26 nitrogen and oxygen atoms in total. The van der Waals surface area contributed by atoms with Gasteiger partial charge >= 0.3 is 18.0 Å². The normalized spacial score (nSPS) is 25.0. The number of alkyl carbamates (subject to hydrolysis) is 1. The first-order valence-electron chi connectivity index (χ1n) is 40.7. The van der Waals surface area contributed by atoms with Gasteiger partial charge in [0.1, 0.15) is 74.2 Å². The summed E-state index contributed by atoms with van der Waals surface area (Å²) in [4.78, 5) is 62.4. The number of aliphatic hydroxyl groups is 1. The summed E-state index contributed by atoms with van der Waals surface area (Å²) in [5.74, 6) is -5.25. The summed E-state index contributed by atoms with van der Waals surface area (Å²) >= 11 is 0. The molecule has 5 aliphatic rings. The monoisotopic (exact) mass is 1660 g/mol. The first-order valence-corrected chi connectivity index (χ1v) is 43.6. The molecule has 0 saturated carbocycles. The van der Waals surface area contributed by atoms with E-state index in [9.17, 15) is 25.0 Å². The molecule has 0 aromatic heterocycles. The second-order valence-corrected chi connectivity index (χ2v) is 36.9. The molecule has 3 N–H and O–H groups in total. The van der Waals surface area contributed by atoms with Crippen LogP contribution in [0, 0.1) is 0 Å². The van der Waals surface area contributed by atoms with Crippen LogP contribution >= 0.6 is 0 Å². The SMILES string of the molecule is C=CCOC(=O)[C@@H](NC(=O)OCC1c2ccccc2-c2ccccc21)[C@@H](C)O[C@H]1O[C@H](CO[Si](C)(C)C(C)(C)C)[C@H](O)[C@H](O[C@@H]2O[C@H](COCc3ccccc3)[C@@H]3OC(=O)[C@]4(C[C@H](OCc5ccccc5)[C@@H](NC(C)=O)[C@H]([C@H](OCc5ccccc5)[C@@H](COCc5ccccc5)OCc5ccccc5)O4)O[C@@H]3[C@H]2OCc2ccccc2)[C@H]1N=[N+]=[N-]. The van der Waals surface area contributed by atoms with Gasteiger partial charge in [0.25, 0.3) is 5.79 Å². The van der Waals surface area contributed by atoms with Crippen molar-refractivity contribution in [2.24, 2.45) is 5.11 Å². The number of nitrogens with zero attached hydrogens (tertiary/aromatic N) is 3. The largest absolute Gasteiger partial charge is 0.460 e. The average molecular weight is 1660 g/mol. The van der Waals surface area contributed by atoms with Gasteiger partial charge in [0.2, 0.25) is 5.91 Å². The number of rotatable bonds is 38. The minimum atomic E-state index is -2.72. The maximum absolute atomic E-state index is 16.3. The minimum absolute atomic E-state index is 0.0249. The molecule has 0 unspecified atom stereocenters. The fourth-order valence-electron chi connectivity index (χ4n) is 15.3. The van der Waals surface area contributed by atoms with Gasteiger partial charge in [-0.1, -0.05) is 269 Å². The van der Waals surface area contributed by atoms with Crippen molar-refractivity contribution >= 4 is 32.3 Å². The molecule has 8 aromatic carbocycles. The van der Waals surface area contributed by atoms with E-state index in [1.807, 2.05) is 244 Å². The van der Waals surface area contributed by atoms with Crippen molar-refractivity contribution in [3.05, 3.63) is 298 Å². The Balaban J connectivity index is 0.894. The highest BCUT2D eigenvalue weighted by atomic mass is 28.4. The van der Waals surface area contributed by atoms with Crippen LogP contribution in [0.3, 0.4) is 0 Å². The fraction of sp³-hybridized carbons (Fsp3) is 0.419. The Hall–Kier alpha value is -9.85. The smallest absolute Gasteiger partial charge is 0.407 e. The van der Waals surface area contributed by atoms with Crippen molar-refractivity contribution in [3.8, 4) is 11.1 Å². The van der Waals surface area contributed by atoms with E-state index in [2.05, 4.69) is 48.0 Å². The number of aliphatic hydroxyl groups excluding tert-OH is 1. The van der Waals surface area contributed by atoms with E-state index in [0.29, 0.717) is 5.56 Å². The lowest BCUT2D eigenvalue weighted by molar-refractivity contribution is -0.408. The Morgan fingerprint density at radius 2 is 1.15 bits per heavy atom. The summed E-state index contributed by atoms with van der Waals surface area (Å²) < 4.78 is 110. The van der Waals surface area contributed by atoms with E-state index in [1.54, 1.807) is 0 Å². The first kappa shape index (κ1) is 87.9. The van der Waals surface area contributed by atoms with Crippen LogP contribution in [0.5, 0.6) is 0 Å². The van der Waals surface area contributed by atoms with Crippen molar-refractivity contribution in [3.63, 3.8) is 0 Å². The van der Waals surface area contributed by atoms with Crippen molar-refractivity contribution in [1.29, 1.82) is 0 Å². The number of amides is 2. The molecule has 1 aliphatic carbocycles. The van der Waals surface area contributed by atoms with Gasteiger partial charge in [-0.05, 0) is 86.2 Å². The van der Waals surface area contributed by atoms with Crippen LogP contribution in [0.4, 0.5) is 4.79 Å². The number of hydrogen-bond donors (Lipinski definition) is 3. The summed E-state index contributed by atoms with van der Waals surface area (Å²) in [5.41, 5.74) is 19.5. The van der Waals surface area contributed by atoms with E-state index in [0.717, 1.165) is 50.1 Å². The molecule has 18 atom stereocenters. The number of ether oxygens (including phenoxy) is 15. The molecule has 4 heterocycles. The molecule has 4 saturated heterocycles. The van der Waals surface area contributed by atoms with Gasteiger partial charge in [-0.3, -0.25) is 4.79 Å². The molecule has 8 aromatic rings. The zero-order valence-corrected chi connectivity index (χ0v) is 69.6. The molecule has 1 spiro atoms. The predicted octanol–water partition coefficient (Wildman–Crippen LogP) is 14.0. The second kappa shape index (κ2) is 41.6. The number of esters is 2. The lowest BCUT2D eigenvalue weighted by atomic mass is 9.86. The maximum atomic E-state index is 16.3. The standard InChI is InChI=1S/C93H107N5O21Si/c1-9-48-106-87(101)77(96-91(103)111-56-72-70-46-30-28-44-68(70)69-45-29-31-47-71(69)72)60(2)113-88-79(97-98-94)83(80(100)74(114-88)59-112-120(7,8)92(4,5)6)116-89-86(110-55-67-42-26-15-27-43-67)85-82(76(115-89)58-105-51-63-34-18-11-19-35-63)117-90(102)93(119-85)49-73(107-52-64-36-20-12-21-37-64)78(95-61(3)99)84(118-93)81(109-54-66-40-24-14-25-41-66)75(108-53-65-38-22-13-23-39-65)57-104-50-62-32-16-10-17-33-62/h9-47,60,72-86,88-89,100H,1,48-59H2,2-8H3,(H,95,99)(H,96,103)/t60-,73+,74-,75-,76-,77+,78-,79-,80+,81-,82+,83-,84-,85+,86-,88+,89+,93+/m1/s1. The van der Waals surface area contributed by atoms with Crippen LogP contribution in [0.25, 0.3) is 21.6 Å². The summed E-state index contributed by atoms with van der Waals surface area (Å²) in [6.07, 6.45) is -20.3. The zero-order valence-electron chi connectivity index (χ0n) is 68.6. The van der Waals surface area contributed by atoms with Crippen molar-refractivity contribution in [2.45, 2.75) is 214 Å². The highest BCUT2D eigenvalue weighted by Crippen LogP contribution is 2.48. The molecule has 120 heavy (non-hydrogen) atoms. The van der Waals surface area contributed by atoms with E-state index in [4.69, 9.17) is 75.5 Å². The topological polar surface area (TPSA) is 309 Å². The molecule has 13 rings (SSSR count). The number of fused-ring (bicyclic) bond motifs is 4. The lowest BCUT2D eigenvalue weighted by Gasteiger charge is -2.56. The quantitative estimate of drug-likeness (QED) is 0.00616. The number of carbonyl (C=O) groups is 4. The van der Waals surface area contributed by atoms with Gasteiger partial charge in [-0.25, -0.2) is 14.4 Å². The highest BCUT2D eigenvalue weighted by Gasteiger charge is 2.66. The minimum Gasteiger partial charge on any atom is -0.460 e. The van der Waals surface area contributed by atoms with E-state index in [-0.39, 0.29) is 83.6 Å². The van der Waals surface area contributed by atoms with Gasteiger partial charge in [0.05, 0.1) is 77.7 Å². The van der Waals surface area contributed by atoms with Gasteiger partial charge in [0, 0.05) is 24.2 Å². The van der Waals surface area contributed by atoms with Crippen LogP contribution < -0.4 is 10.6 Å². The van der Waals surface area contributed by atoms with E-state index in [1.165, 1.54) is 19.9 Å². The second-order valence-electron chi connectivity index (χ2n) is 32.1. The van der Waals surface area contributed by atoms with Gasteiger partial charge < -0.3 is 91.2 Å². The van der Waals surface area contributed by atoms with Crippen molar-refractivity contribution < 1.29 is 99.8 Å². The molecule has 2 amide bonds. The predicted molar refractivity (Wildman–Crippen MR) is 445 cm³/mol. The molecular weight excluding hydrogens is 1550 g/mol. The Labute approximate surface area is 701 Å². The van der Waals surface area contributed by atoms with E-state index >= 15 is 4.79 Å². The number of hydrogen-bond acceptors (Lipinski definition) is 22. The number of carbonyl (C=O) groups excluding carboxylic acids is 4. The van der Waals surface area contributed by atoms with Crippen LogP contribution in [0.2, 0.25) is 18.1 Å². The Bertz CT molecular complexity index is 4630. The Kier molecular flexibility index (Phi) is 30.5. The van der Waals surface area contributed by atoms with Crippen LogP contribution in [-0.2, 0) is 130 Å². The number of azide groups is 1. The highest BCUT2D eigenvalue weighted by molar-refractivity contribution is 6.74. The maximum Gasteiger partial charge on any atom is 0.407 e. The van der Waals surface area contributed by atoms with Crippen LogP contribution in [0.1, 0.15) is 91.5 Å². The van der Waals surface area contributed by atoms with Gasteiger partial charge in [0.15, 0.2) is 33.0 Å². The Morgan fingerprint density at radius 1 is 0.633 bits per heavy atom. The van der Waals surface area contributed by atoms with Gasteiger partial charge in [-0.15, -0.1) is 0 Å². The Morgan fingerprint density at radius 3 is 1.70 bits per heavy atom. The molecule has 27 heteroatoms. The summed E-state index contributed by atoms with van der Waals surface area (Å²) in [5, 5.41) is 23.0. The van der Waals surface area contributed by atoms with Crippen molar-refractivity contribution in [2.75, 3.05) is 33.0 Å². The molecular formula is C93H107N5O21Si. The molecule has 0 bridgehead atoms. The average Bonchev–Trinajstić information content (AvgIpc) is 0.921. The first-order chi connectivity index (χ1) is 58.2. The molecule has 4 fully saturated rings. The van der Waals surface area contributed by atoms with Gasteiger partial charge in [-0.2, -0.15) is 0 Å². The number of nitrogens with one attached hydrogen (secondary N) is 2. The summed E-state index contributed by atoms with van der Waals surface area (Å²) in [6, 6.07) is 68.0. The fourth-order valence-corrected chi connectivity index (χ4v) is 16.4. The molecule has 4 aliphatic heterocycles. The molecule has 0 radical (unpaired) electrons. The van der Waals surface area contributed by atoms with Crippen LogP contribution in [-0.4, -0.2) is 180 Å². The van der Waals surface area contributed by atoms with E-state index < -0.39 is 148 Å². The number of benzene rings is 8. The third-order valence-electron chi connectivity index (χ3n) is 22.6. The summed E-state index contributed by atoms with van der Waals surface area (Å²) in [7, 11) is -2.72. The third-order valence-corrected chi connectivity index (χ3v) is 27.1. The zero-order chi connectivity index (χ0) is 84.2. The third kappa shape index (κ3) is 22.3. The molecule has 634 valence electrons. The lowest BCUT2D eigenvalue weighted by Crippen LogP contribution is -2.75. The van der Waals surface area contributed by atoms with Crippen LogP contribution in [0.15, 0.2) is 248 Å².